The Bertz CT molecular complexity index is 1070. The quantitative estimate of drug-likeness (QED) is 0.551. The third-order valence-corrected chi connectivity index (χ3v) is 7.67. The van der Waals surface area contributed by atoms with E-state index in [2.05, 4.69) is 28.5 Å². The molecule has 0 atom stereocenters. The molecular formula is C26H31N3O2S. The lowest BCUT2D eigenvalue weighted by Gasteiger charge is -2.29. The van der Waals surface area contributed by atoms with Crippen molar-refractivity contribution in [3.63, 3.8) is 0 Å². The highest BCUT2D eigenvalue weighted by Gasteiger charge is 2.30. The number of carbonyl (C=O) groups excluding carboxylic acids is 2. The lowest BCUT2D eigenvalue weighted by molar-refractivity contribution is -0.119. The molecule has 1 saturated carbocycles. The van der Waals surface area contributed by atoms with Gasteiger partial charge in [-0.15, -0.1) is 11.3 Å². The van der Waals surface area contributed by atoms with Gasteiger partial charge in [-0.2, -0.15) is 0 Å². The number of hydrogen-bond acceptors (Lipinski definition) is 4. The van der Waals surface area contributed by atoms with Crippen LogP contribution in [0.4, 0.5) is 0 Å². The zero-order valence-corrected chi connectivity index (χ0v) is 19.7. The van der Waals surface area contributed by atoms with Gasteiger partial charge in [0.1, 0.15) is 0 Å². The van der Waals surface area contributed by atoms with Gasteiger partial charge >= 0.3 is 0 Å². The molecule has 1 aliphatic carbocycles. The van der Waals surface area contributed by atoms with E-state index in [1.54, 1.807) is 24.5 Å². The lowest BCUT2D eigenvalue weighted by Crippen LogP contribution is -2.30. The number of nitrogens with zero attached hydrogens (tertiary/aromatic N) is 2. The molecule has 1 aromatic carbocycles. The Morgan fingerprint density at radius 2 is 1.84 bits per heavy atom. The molecular weight excluding hydrogens is 418 g/mol. The summed E-state index contributed by atoms with van der Waals surface area (Å²) in [5, 5.41) is 4.19. The second-order valence-corrected chi connectivity index (χ2v) is 9.85. The second kappa shape index (κ2) is 10.3. The predicted molar refractivity (Wildman–Crippen MR) is 130 cm³/mol. The van der Waals surface area contributed by atoms with E-state index in [0.29, 0.717) is 18.4 Å². The minimum atomic E-state index is 0.0394. The molecule has 0 unspecified atom stereocenters. The third kappa shape index (κ3) is 5.18. The van der Waals surface area contributed by atoms with Gasteiger partial charge in [0, 0.05) is 50.1 Å². The van der Waals surface area contributed by atoms with Crippen molar-refractivity contribution in [3.8, 4) is 0 Å². The molecule has 0 aliphatic heterocycles. The fourth-order valence-corrected chi connectivity index (χ4v) is 5.96. The first-order chi connectivity index (χ1) is 15.5. The zero-order chi connectivity index (χ0) is 22.5. The maximum Gasteiger partial charge on any atom is 0.264 e. The number of nitrogens with one attached hydrogen (secondary N) is 1. The summed E-state index contributed by atoms with van der Waals surface area (Å²) in [4.78, 5) is 31.9. The van der Waals surface area contributed by atoms with Crippen LogP contribution in [-0.4, -0.2) is 41.8 Å². The molecule has 0 radical (unpaired) electrons. The summed E-state index contributed by atoms with van der Waals surface area (Å²) >= 11 is 1.63. The van der Waals surface area contributed by atoms with Gasteiger partial charge in [-0.05, 0) is 66.7 Å². The van der Waals surface area contributed by atoms with Crippen LogP contribution in [0.25, 0.3) is 10.1 Å². The number of thiophene rings is 1. The van der Waals surface area contributed by atoms with E-state index in [4.69, 9.17) is 0 Å². The SMILES string of the molecule is CC(=O)NCC1CCC(c2c(C(=O)N(C)CCc3ccccn3)sc3ccccc23)CC1. The number of aromatic nitrogens is 1. The Balaban J connectivity index is 1.51. The van der Waals surface area contributed by atoms with Gasteiger partial charge in [-0.25, -0.2) is 0 Å². The summed E-state index contributed by atoms with van der Waals surface area (Å²) in [6.07, 6.45) is 6.82. The Morgan fingerprint density at radius 3 is 2.56 bits per heavy atom. The van der Waals surface area contributed by atoms with Crippen molar-refractivity contribution in [2.45, 2.75) is 44.9 Å². The fraction of sp³-hybridized carbons (Fsp3) is 0.423. The van der Waals surface area contributed by atoms with E-state index in [1.165, 1.54) is 15.6 Å². The van der Waals surface area contributed by atoms with Crippen LogP contribution in [0.2, 0.25) is 0 Å². The lowest BCUT2D eigenvalue weighted by atomic mass is 9.77. The average Bonchev–Trinajstić information content (AvgIpc) is 3.21. The molecule has 0 spiro atoms. The monoisotopic (exact) mass is 449 g/mol. The summed E-state index contributed by atoms with van der Waals surface area (Å²) in [6.45, 7) is 2.98. The van der Waals surface area contributed by atoms with E-state index in [1.807, 2.05) is 36.2 Å². The van der Waals surface area contributed by atoms with Crippen LogP contribution in [0.5, 0.6) is 0 Å². The Labute approximate surface area is 193 Å². The molecule has 4 rings (SSSR count). The number of fused-ring (bicyclic) bond motifs is 1. The van der Waals surface area contributed by atoms with E-state index >= 15 is 0 Å². The number of amides is 2. The van der Waals surface area contributed by atoms with Gasteiger partial charge in [0.25, 0.3) is 5.91 Å². The van der Waals surface area contributed by atoms with Crippen LogP contribution < -0.4 is 5.32 Å². The standard InChI is InChI=1S/C26H31N3O2S/c1-18(30)28-17-19-10-12-20(13-11-19)24-22-8-3-4-9-23(22)32-25(24)26(31)29(2)16-14-21-7-5-6-15-27-21/h3-9,15,19-20H,10-14,16-17H2,1-2H3,(H,28,30). The van der Waals surface area contributed by atoms with Crippen molar-refractivity contribution in [3.05, 3.63) is 64.8 Å². The smallest absolute Gasteiger partial charge is 0.264 e. The Morgan fingerprint density at radius 1 is 1.09 bits per heavy atom. The Hall–Kier alpha value is -2.73. The predicted octanol–water partition coefficient (Wildman–Crippen LogP) is 5.02. The molecule has 2 heterocycles. The first-order valence-corrected chi connectivity index (χ1v) is 12.3. The number of benzene rings is 1. The molecule has 0 saturated heterocycles. The fourth-order valence-electron chi connectivity index (χ4n) is 4.68. The van der Waals surface area contributed by atoms with Crippen LogP contribution in [0.3, 0.4) is 0 Å². The summed E-state index contributed by atoms with van der Waals surface area (Å²) < 4.78 is 1.18. The number of likely N-dealkylation sites (N-methyl/N-ethyl adjacent to an activating group) is 1. The van der Waals surface area contributed by atoms with Crippen molar-refractivity contribution >= 4 is 33.2 Å². The topological polar surface area (TPSA) is 62.3 Å². The molecule has 1 aliphatic rings. The molecule has 1 fully saturated rings. The van der Waals surface area contributed by atoms with Crippen molar-refractivity contribution in [1.82, 2.24) is 15.2 Å². The normalized spacial score (nSPS) is 18.4. The average molecular weight is 450 g/mol. The van der Waals surface area contributed by atoms with Crippen molar-refractivity contribution in [2.24, 2.45) is 5.92 Å². The minimum absolute atomic E-state index is 0.0394. The molecule has 5 nitrogen and oxygen atoms in total. The molecule has 2 amide bonds. The van der Waals surface area contributed by atoms with Crippen LogP contribution in [0.15, 0.2) is 48.7 Å². The first kappa shape index (κ1) is 22.5. The summed E-state index contributed by atoms with van der Waals surface area (Å²) in [6, 6.07) is 14.3. The highest BCUT2D eigenvalue weighted by molar-refractivity contribution is 7.21. The molecule has 1 N–H and O–H groups in total. The summed E-state index contributed by atoms with van der Waals surface area (Å²) in [5.41, 5.74) is 2.24. The maximum atomic E-state index is 13.5. The van der Waals surface area contributed by atoms with Gasteiger partial charge in [-0.3, -0.25) is 14.6 Å². The second-order valence-electron chi connectivity index (χ2n) is 8.79. The van der Waals surface area contributed by atoms with E-state index in [0.717, 1.165) is 49.2 Å². The van der Waals surface area contributed by atoms with Gasteiger partial charge < -0.3 is 10.2 Å². The number of hydrogen-bond donors (Lipinski definition) is 1. The van der Waals surface area contributed by atoms with Gasteiger partial charge in [0.15, 0.2) is 0 Å². The van der Waals surface area contributed by atoms with Crippen LogP contribution in [0.1, 0.15) is 59.5 Å². The van der Waals surface area contributed by atoms with Gasteiger partial charge in [-0.1, -0.05) is 24.3 Å². The van der Waals surface area contributed by atoms with Crippen molar-refractivity contribution in [1.29, 1.82) is 0 Å². The van der Waals surface area contributed by atoms with E-state index in [-0.39, 0.29) is 11.8 Å². The zero-order valence-electron chi connectivity index (χ0n) is 18.8. The molecule has 0 bridgehead atoms. The number of pyridine rings is 1. The molecule has 32 heavy (non-hydrogen) atoms. The summed E-state index contributed by atoms with van der Waals surface area (Å²) in [5.74, 6) is 1.07. The first-order valence-electron chi connectivity index (χ1n) is 11.4. The van der Waals surface area contributed by atoms with Crippen molar-refractivity contribution < 1.29 is 9.59 Å². The number of carbonyl (C=O) groups is 2. The highest BCUT2D eigenvalue weighted by Crippen LogP contribution is 2.44. The van der Waals surface area contributed by atoms with E-state index < -0.39 is 0 Å². The highest BCUT2D eigenvalue weighted by atomic mass is 32.1. The van der Waals surface area contributed by atoms with Gasteiger partial charge in [0.2, 0.25) is 5.91 Å². The summed E-state index contributed by atoms with van der Waals surface area (Å²) in [7, 11) is 1.89. The van der Waals surface area contributed by atoms with Crippen LogP contribution in [0, 0.1) is 5.92 Å². The molecule has 2 aromatic heterocycles. The molecule has 6 heteroatoms. The molecule has 168 valence electrons. The van der Waals surface area contributed by atoms with Crippen molar-refractivity contribution in [2.75, 3.05) is 20.1 Å². The Kier molecular flexibility index (Phi) is 7.20. The van der Waals surface area contributed by atoms with Crippen LogP contribution >= 0.6 is 11.3 Å². The number of rotatable bonds is 7. The largest absolute Gasteiger partial charge is 0.356 e. The minimum Gasteiger partial charge on any atom is -0.356 e. The molecule has 3 aromatic rings. The maximum absolute atomic E-state index is 13.5. The van der Waals surface area contributed by atoms with E-state index in [9.17, 15) is 9.59 Å². The van der Waals surface area contributed by atoms with Gasteiger partial charge in [0.05, 0.1) is 4.88 Å². The van der Waals surface area contributed by atoms with Crippen LogP contribution in [-0.2, 0) is 11.2 Å². The third-order valence-electron chi connectivity index (χ3n) is 6.50.